The Bertz CT molecular complexity index is 910. The van der Waals surface area contributed by atoms with Crippen LogP contribution in [0.1, 0.15) is 16.5 Å². The molecule has 1 fully saturated rings. The zero-order chi connectivity index (χ0) is 20.1. The standard InChI is InChI=1S/C22H23FN4OS/c23-18-8-6-17(7-9-18)22(19-4-3-15-29-19)25-21(28)16-26-11-13-27(14-12-26)20-5-1-2-10-24-20/h1-10,15,22H,11-14,16H2,(H,25,28). The molecular formula is C22H23FN4OS. The Hall–Kier alpha value is -2.77. The van der Waals surface area contributed by atoms with Crippen LogP contribution < -0.4 is 10.2 Å². The first-order valence-corrected chi connectivity index (χ1v) is 10.5. The Morgan fingerprint density at radius 2 is 1.86 bits per heavy atom. The Labute approximate surface area is 173 Å². The van der Waals surface area contributed by atoms with Crippen molar-refractivity contribution in [3.8, 4) is 0 Å². The smallest absolute Gasteiger partial charge is 0.234 e. The molecule has 1 aliphatic heterocycles. The molecule has 1 aliphatic rings. The van der Waals surface area contributed by atoms with Crippen LogP contribution in [0, 0.1) is 5.82 Å². The number of benzene rings is 1. The lowest BCUT2D eigenvalue weighted by atomic mass is 10.1. The van der Waals surface area contributed by atoms with E-state index in [9.17, 15) is 9.18 Å². The summed E-state index contributed by atoms with van der Waals surface area (Å²) in [5.74, 6) is 0.667. The third-order valence-electron chi connectivity index (χ3n) is 5.05. The van der Waals surface area contributed by atoms with Gasteiger partial charge < -0.3 is 10.2 Å². The number of carbonyl (C=O) groups excluding carboxylic acids is 1. The Morgan fingerprint density at radius 1 is 1.07 bits per heavy atom. The topological polar surface area (TPSA) is 48.5 Å². The van der Waals surface area contributed by atoms with E-state index in [-0.39, 0.29) is 17.8 Å². The number of piperazine rings is 1. The first-order chi connectivity index (χ1) is 14.2. The lowest BCUT2D eigenvalue weighted by Gasteiger charge is -2.35. The molecule has 4 rings (SSSR count). The van der Waals surface area contributed by atoms with Crippen LogP contribution in [0.25, 0.3) is 0 Å². The molecule has 3 heterocycles. The summed E-state index contributed by atoms with van der Waals surface area (Å²) in [4.78, 5) is 22.6. The molecule has 3 aromatic rings. The Kier molecular flexibility index (Phi) is 6.17. The number of rotatable bonds is 6. The van der Waals surface area contributed by atoms with Crippen molar-refractivity contribution in [1.82, 2.24) is 15.2 Å². The molecule has 1 unspecified atom stereocenters. The van der Waals surface area contributed by atoms with E-state index < -0.39 is 0 Å². The molecular weight excluding hydrogens is 387 g/mol. The number of pyridine rings is 1. The lowest BCUT2D eigenvalue weighted by molar-refractivity contribution is -0.122. The van der Waals surface area contributed by atoms with Crippen molar-refractivity contribution >= 4 is 23.1 Å². The summed E-state index contributed by atoms with van der Waals surface area (Å²) in [6.45, 7) is 3.65. The van der Waals surface area contributed by atoms with Crippen molar-refractivity contribution in [1.29, 1.82) is 0 Å². The number of nitrogens with zero attached hydrogens (tertiary/aromatic N) is 3. The van der Waals surface area contributed by atoms with Gasteiger partial charge in [-0.3, -0.25) is 9.69 Å². The van der Waals surface area contributed by atoms with Crippen molar-refractivity contribution in [3.05, 3.63) is 82.4 Å². The third kappa shape index (κ3) is 4.99. The molecule has 1 N–H and O–H groups in total. The van der Waals surface area contributed by atoms with E-state index in [1.54, 1.807) is 29.7 Å². The van der Waals surface area contributed by atoms with Gasteiger partial charge in [0.05, 0.1) is 12.6 Å². The quantitative estimate of drug-likeness (QED) is 0.677. The van der Waals surface area contributed by atoms with Crippen LogP contribution in [-0.4, -0.2) is 48.5 Å². The van der Waals surface area contributed by atoms with Crippen molar-refractivity contribution in [2.24, 2.45) is 0 Å². The van der Waals surface area contributed by atoms with E-state index in [0.717, 1.165) is 42.4 Å². The number of hydrogen-bond acceptors (Lipinski definition) is 5. The van der Waals surface area contributed by atoms with Crippen molar-refractivity contribution in [3.63, 3.8) is 0 Å². The van der Waals surface area contributed by atoms with Gasteiger partial charge in [0, 0.05) is 37.3 Å². The summed E-state index contributed by atoms with van der Waals surface area (Å²) in [7, 11) is 0. The summed E-state index contributed by atoms with van der Waals surface area (Å²) >= 11 is 1.58. The molecule has 7 heteroatoms. The normalized spacial score (nSPS) is 15.8. The van der Waals surface area contributed by atoms with Crippen molar-refractivity contribution < 1.29 is 9.18 Å². The van der Waals surface area contributed by atoms with Gasteiger partial charge in [-0.05, 0) is 41.3 Å². The number of amides is 1. The maximum absolute atomic E-state index is 13.3. The second-order valence-corrected chi connectivity index (χ2v) is 8.00. The molecule has 0 radical (unpaired) electrons. The fraction of sp³-hybridized carbons (Fsp3) is 0.273. The largest absolute Gasteiger partial charge is 0.354 e. The number of carbonyl (C=O) groups is 1. The fourth-order valence-electron chi connectivity index (χ4n) is 3.52. The highest BCUT2D eigenvalue weighted by atomic mass is 32.1. The number of aromatic nitrogens is 1. The predicted molar refractivity (Wildman–Crippen MR) is 114 cm³/mol. The second-order valence-electron chi connectivity index (χ2n) is 7.02. The van der Waals surface area contributed by atoms with E-state index in [1.807, 2.05) is 35.7 Å². The van der Waals surface area contributed by atoms with Gasteiger partial charge in [0.1, 0.15) is 11.6 Å². The summed E-state index contributed by atoms with van der Waals surface area (Å²) < 4.78 is 13.3. The minimum absolute atomic E-state index is 0.0287. The molecule has 5 nitrogen and oxygen atoms in total. The highest BCUT2D eigenvalue weighted by Crippen LogP contribution is 2.26. The monoisotopic (exact) mass is 410 g/mol. The average molecular weight is 411 g/mol. The molecule has 1 amide bonds. The van der Waals surface area contributed by atoms with Gasteiger partial charge in [-0.1, -0.05) is 24.3 Å². The lowest BCUT2D eigenvalue weighted by Crippen LogP contribution is -2.50. The molecule has 0 saturated carbocycles. The second kappa shape index (κ2) is 9.15. The van der Waals surface area contributed by atoms with Crippen LogP contribution in [0.5, 0.6) is 0 Å². The Morgan fingerprint density at radius 3 is 2.52 bits per heavy atom. The SMILES string of the molecule is O=C(CN1CCN(c2ccccn2)CC1)NC(c1ccc(F)cc1)c1cccs1. The molecule has 0 aliphatic carbocycles. The minimum atomic E-state index is -0.282. The molecule has 1 saturated heterocycles. The van der Waals surface area contributed by atoms with Gasteiger partial charge in [0.25, 0.3) is 0 Å². The van der Waals surface area contributed by atoms with Crippen LogP contribution in [0.3, 0.4) is 0 Å². The predicted octanol–water partition coefficient (Wildman–Crippen LogP) is 3.31. The number of halogens is 1. The zero-order valence-electron chi connectivity index (χ0n) is 16.0. The number of hydrogen-bond donors (Lipinski definition) is 1. The van der Waals surface area contributed by atoms with Gasteiger partial charge in [-0.2, -0.15) is 0 Å². The van der Waals surface area contributed by atoms with Gasteiger partial charge in [0.15, 0.2) is 0 Å². The maximum Gasteiger partial charge on any atom is 0.234 e. The van der Waals surface area contributed by atoms with E-state index in [0.29, 0.717) is 6.54 Å². The zero-order valence-corrected chi connectivity index (χ0v) is 16.8. The molecule has 150 valence electrons. The average Bonchev–Trinajstić information content (AvgIpc) is 3.29. The van der Waals surface area contributed by atoms with Crippen LogP contribution >= 0.6 is 11.3 Å². The van der Waals surface area contributed by atoms with Crippen LogP contribution in [-0.2, 0) is 4.79 Å². The summed E-state index contributed by atoms with van der Waals surface area (Å²) in [5, 5.41) is 5.11. The number of thiophene rings is 1. The third-order valence-corrected chi connectivity index (χ3v) is 5.99. The maximum atomic E-state index is 13.3. The van der Waals surface area contributed by atoms with E-state index >= 15 is 0 Å². The molecule has 1 aromatic carbocycles. The highest BCUT2D eigenvalue weighted by molar-refractivity contribution is 7.10. The van der Waals surface area contributed by atoms with Gasteiger partial charge in [-0.15, -0.1) is 11.3 Å². The molecule has 29 heavy (non-hydrogen) atoms. The first-order valence-electron chi connectivity index (χ1n) is 9.65. The summed E-state index contributed by atoms with van der Waals surface area (Å²) in [5.41, 5.74) is 0.877. The number of anilines is 1. The first kappa shape index (κ1) is 19.5. The van der Waals surface area contributed by atoms with Gasteiger partial charge in [-0.25, -0.2) is 9.37 Å². The van der Waals surface area contributed by atoms with Crippen LogP contribution in [0.4, 0.5) is 10.2 Å². The molecule has 1 atom stereocenters. The molecule has 2 aromatic heterocycles. The Balaban J connectivity index is 1.36. The van der Waals surface area contributed by atoms with Crippen molar-refractivity contribution in [2.75, 3.05) is 37.6 Å². The molecule has 0 spiro atoms. The van der Waals surface area contributed by atoms with E-state index in [1.165, 1.54) is 12.1 Å². The summed E-state index contributed by atoms with van der Waals surface area (Å²) in [6, 6.07) is 15.9. The van der Waals surface area contributed by atoms with Crippen LogP contribution in [0.15, 0.2) is 66.2 Å². The number of nitrogens with one attached hydrogen (secondary N) is 1. The molecule has 0 bridgehead atoms. The van der Waals surface area contributed by atoms with E-state index in [4.69, 9.17) is 0 Å². The van der Waals surface area contributed by atoms with Crippen LogP contribution in [0.2, 0.25) is 0 Å². The highest BCUT2D eigenvalue weighted by Gasteiger charge is 2.22. The van der Waals surface area contributed by atoms with Gasteiger partial charge in [0.2, 0.25) is 5.91 Å². The van der Waals surface area contributed by atoms with Crippen molar-refractivity contribution in [2.45, 2.75) is 6.04 Å². The summed E-state index contributed by atoms with van der Waals surface area (Å²) in [6.07, 6.45) is 1.80. The minimum Gasteiger partial charge on any atom is -0.354 e. The fourth-order valence-corrected chi connectivity index (χ4v) is 4.32. The van der Waals surface area contributed by atoms with Gasteiger partial charge >= 0.3 is 0 Å². The van der Waals surface area contributed by atoms with E-state index in [2.05, 4.69) is 20.1 Å².